The molecule has 6 heteroatoms. The molecule has 0 saturated carbocycles. The van der Waals surface area contributed by atoms with Gasteiger partial charge in [0.15, 0.2) is 0 Å². The molecule has 0 fully saturated rings. The Balaban J connectivity index is 2.12. The van der Waals surface area contributed by atoms with Gasteiger partial charge in [-0.1, -0.05) is 37.6 Å². The molecular weight excluding hydrogens is 276 g/mol. The lowest BCUT2D eigenvalue weighted by Crippen LogP contribution is -2.12. The second-order valence-corrected chi connectivity index (χ2v) is 5.10. The average Bonchev–Trinajstić information content (AvgIpc) is 2.46. The minimum atomic E-state index is 0.196. The average molecular weight is 293 g/mol. The Morgan fingerprint density at radius 2 is 1.95 bits per heavy atom. The van der Waals surface area contributed by atoms with Gasteiger partial charge in [-0.2, -0.15) is 4.98 Å². The number of ether oxygens (including phenoxy) is 1. The van der Waals surface area contributed by atoms with E-state index in [2.05, 4.69) is 15.4 Å². The molecule has 0 radical (unpaired) electrons. The molecule has 106 valence electrons. The van der Waals surface area contributed by atoms with E-state index in [0.717, 1.165) is 5.56 Å². The largest absolute Gasteiger partial charge is 0.473 e. The van der Waals surface area contributed by atoms with E-state index in [4.69, 9.17) is 22.2 Å². The first kappa shape index (κ1) is 14.6. The molecule has 0 saturated heterocycles. The van der Waals surface area contributed by atoms with Crippen LogP contribution in [0, 0.1) is 0 Å². The second-order valence-electron chi connectivity index (χ2n) is 4.66. The van der Waals surface area contributed by atoms with Crippen LogP contribution in [0.1, 0.15) is 31.2 Å². The van der Waals surface area contributed by atoms with E-state index in [-0.39, 0.29) is 5.92 Å². The van der Waals surface area contributed by atoms with Gasteiger partial charge in [0.25, 0.3) is 0 Å². The molecule has 0 aliphatic heterocycles. The Labute approximate surface area is 123 Å². The van der Waals surface area contributed by atoms with Crippen molar-refractivity contribution in [3.8, 4) is 5.88 Å². The van der Waals surface area contributed by atoms with E-state index in [1.807, 2.05) is 38.1 Å². The number of nitrogen functional groups attached to an aromatic ring is 1. The van der Waals surface area contributed by atoms with Crippen LogP contribution >= 0.6 is 11.6 Å². The van der Waals surface area contributed by atoms with Gasteiger partial charge >= 0.3 is 0 Å². The molecule has 0 atom stereocenters. The monoisotopic (exact) mass is 292 g/mol. The third-order valence-electron chi connectivity index (χ3n) is 2.68. The van der Waals surface area contributed by atoms with Gasteiger partial charge in [-0.3, -0.25) is 0 Å². The molecule has 1 heterocycles. The molecule has 0 aliphatic carbocycles. The van der Waals surface area contributed by atoms with Crippen LogP contribution in [0.5, 0.6) is 5.88 Å². The minimum Gasteiger partial charge on any atom is -0.473 e. The van der Waals surface area contributed by atoms with Crippen molar-refractivity contribution in [2.75, 3.05) is 5.43 Å². The summed E-state index contributed by atoms with van der Waals surface area (Å²) in [6.45, 7) is 4.44. The molecule has 0 spiro atoms. The van der Waals surface area contributed by atoms with Crippen LogP contribution in [0.25, 0.3) is 0 Å². The van der Waals surface area contributed by atoms with Gasteiger partial charge in [-0.25, -0.2) is 10.8 Å². The lowest BCUT2D eigenvalue weighted by Gasteiger charge is -2.11. The van der Waals surface area contributed by atoms with Crippen molar-refractivity contribution in [2.45, 2.75) is 26.4 Å². The zero-order valence-corrected chi connectivity index (χ0v) is 12.2. The first-order chi connectivity index (χ1) is 9.58. The first-order valence-electron chi connectivity index (χ1n) is 6.31. The molecule has 0 aliphatic rings. The zero-order valence-electron chi connectivity index (χ0n) is 11.4. The quantitative estimate of drug-likeness (QED) is 0.654. The summed E-state index contributed by atoms with van der Waals surface area (Å²) in [4.78, 5) is 8.63. The van der Waals surface area contributed by atoms with Gasteiger partial charge in [0, 0.05) is 17.0 Å². The van der Waals surface area contributed by atoms with Gasteiger partial charge in [0.2, 0.25) is 5.88 Å². The number of nitrogens with two attached hydrogens (primary N) is 1. The summed E-state index contributed by atoms with van der Waals surface area (Å²) in [6, 6.07) is 9.14. The Morgan fingerprint density at radius 1 is 1.25 bits per heavy atom. The van der Waals surface area contributed by atoms with Gasteiger partial charge < -0.3 is 10.2 Å². The number of hydrogen-bond donors (Lipinski definition) is 2. The number of benzene rings is 1. The lowest BCUT2D eigenvalue weighted by atomic mass is 10.2. The van der Waals surface area contributed by atoms with E-state index >= 15 is 0 Å². The maximum atomic E-state index is 5.84. The Hall–Kier alpha value is -1.85. The predicted molar refractivity (Wildman–Crippen MR) is 79.7 cm³/mol. The Bertz CT molecular complexity index is 572. The normalized spacial score (nSPS) is 10.7. The number of nitrogens with one attached hydrogen (secondary N) is 1. The van der Waals surface area contributed by atoms with Crippen LogP contribution in [0.4, 0.5) is 5.82 Å². The number of halogens is 1. The van der Waals surface area contributed by atoms with Crippen LogP contribution < -0.4 is 16.0 Å². The van der Waals surface area contributed by atoms with Crippen LogP contribution in [0.15, 0.2) is 30.3 Å². The number of hydrogen-bond acceptors (Lipinski definition) is 5. The van der Waals surface area contributed by atoms with E-state index in [9.17, 15) is 0 Å². The standard InChI is InChI=1S/C14H17ClN4O/c1-9(2)14-17-12(19-16)7-13(18-14)20-8-10-3-5-11(15)6-4-10/h3-7,9H,8,16H2,1-2H3,(H,17,18,19). The van der Waals surface area contributed by atoms with E-state index in [1.54, 1.807) is 6.07 Å². The van der Waals surface area contributed by atoms with Crippen molar-refractivity contribution in [3.05, 3.63) is 46.7 Å². The SMILES string of the molecule is CC(C)c1nc(NN)cc(OCc2ccc(Cl)cc2)n1. The zero-order chi connectivity index (χ0) is 14.5. The molecular formula is C14H17ClN4O. The van der Waals surface area contributed by atoms with Crippen LogP contribution in [0.3, 0.4) is 0 Å². The number of hydrazine groups is 1. The fourth-order valence-corrected chi connectivity index (χ4v) is 1.71. The molecule has 1 aromatic heterocycles. The van der Waals surface area contributed by atoms with Crippen LogP contribution in [-0.4, -0.2) is 9.97 Å². The lowest BCUT2D eigenvalue weighted by molar-refractivity contribution is 0.292. The highest BCUT2D eigenvalue weighted by atomic mass is 35.5. The number of aromatic nitrogens is 2. The Morgan fingerprint density at radius 3 is 2.55 bits per heavy atom. The molecule has 0 unspecified atom stereocenters. The van der Waals surface area contributed by atoms with Crippen molar-refractivity contribution in [3.63, 3.8) is 0 Å². The highest BCUT2D eigenvalue weighted by Gasteiger charge is 2.08. The maximum absolute atomic E-state index is 5.84. The van der Waals surface area contributed by atoms with Crippen LogP contribution in [-0.2, 0) is 6.61 Å². The highest BCUT2D eigenvalue weighted by molar-refractivity contribution is 6.30. The predicted octanol–water partition coefficient (Wildman–Crippen LogP) is 3.12. The highest BCUT2D eigenvalue weighted by Crippen LogP contribution is 2.19. The summed E-state index contributed by atoms with van der Waals surface area (Å²) >= 11 is 5.84. The van der Waals surface area contributed by atoms with Gasteiger partial charge in [-0.15, -0.1) is 0 Å². The summed E-state index contributed by atoms with van der Waals surface area (Å²) in [5.41, 5.74) is 3.53. The second kappa shape index (κ2) is 6.54. The summed E-state index contributed by atoms with van der Waals surface area (Å²) in [5, 5.41) is 0.701. The molecule has 5 nitrogen and oxygen atoms in total. The van der Waals surface area contributed by atoms with Crippen molar-refractivity contribution >= 4 is 17.4 Å². The molecule has 1 aromatic carbocycles. The van der Waals surface area contributed by atoms with E-state index < -0.39 is 0 Å². The van der Waals surface area contributed by atoms with Gasteiger partial charge in [0.1, 0.15) is 18.2 Å². The molecule has 3 N–H and O–H groups in total. The third kappa shape index (κ3) is 3.82. The van der Waals surface area contributed by atoms with Crippen molar-refractivity contribution in [1.82, 2.24) is 9.97 Å². The fraction of sp³-hybridized carbons (Fsp3) is 0.286. The van der Waals surface area contributed by atoms with Crippen LogP contribution in [0.2, 0.25) is 5.02 Å². The summed E-state index contributed by atoms with van der Waals surface area (Å²) < 4.78 is 5.68. The van der Waals surface area contributed by atoms with Crippen molar-refractivity contribution in [2.24, 2.45) is 5.84 Å². The van der Waals surface area contributed by atoms with E-state index in [1.165, 1.54) is 0 Å². The molecule has 0 amide bonds. The van der Waals surface area contributed by atoms with E-state index in [0.29, 0.717) is 29.2 Å². The number of nitrogens with zero attached hydrogens (tertiary/aromatic N) is 2. The number of rotatable bonds is 5. The molecule has 0 bridgehead atoms. The third-order valence-corrected chi connectivity index (χ3v) is 2.94. The van der Waals surface area contributed by atoms with Crippen molar-refractivity contribution in [1.29, 1.82) is 0 Å². The number of anilines is 1. The molecule has 2 rings (SSSR count). The summed E-state index contributed by atoms with van der Waals surface area (Å²) in [6.07, 6.45) is 0. The summed E-state index contributed by atoms with van der Waals surface area (Å²) in [5.74, 6) is 7.31. The van der Waals surface area contributed by atoms with Gasteiger partial charge in [-0.05, 0) is 17.7 Å². The molecule has 2 aromatic rings. The molecule has 20 heavy (non-hydrogen) atoms. The minimum absolute atomic E-state index is 0.196. The maximum Gasteiger partial charge on any atom is 0.219 e. The van der Waals surface area contributed by atoms with Gasteiger partial charge in [0.05, 0.1) is 0 Å². The van der Waals surface area contributed by atoms with Crippen molar-refractivity contribution < 1.29 is 4.74 Å². The first-order valence-corrected chi connectivity index (χ1v) is 6.69. The fourth-order valence-electron chi connectivity index (χ4n) is 1.59. The topological polar surface area (TPSA) is 73.1 Å². The smallest absolute Gasteiger partial charge is 0.219 e. The Kier molecular flexibility index (Phi) is 4.76. The summed E-state index contributed by atoms with van der Waals surface area (Å²) in [7, 11) is 0.